The molecule has 4 rings (SSSR count). The number of allylic oxidation sites excluding steroid dienone is 5. The van der Waals surface area contributed by atoms with Crippen LogP contribution < -0.4 is 4.74 Å². The number of aliphatic hydroxyl groups is 1. The van der Waals surface area contributed by atoms with Crippen LogP contribution in [0.15, 0.2) is 54.2 Å². The number of hydrogen-bond donors (Lipinski definition) is 1. The van der Waals surface area contributed by atoms with Gasteiger partial charge >= 0.3 is 5.78 Å². The molecule has 1 aliphatic carbocycles. The maximum Gasteiger partial charge on any atom is 0.343 e. The second-order valence-corrected chi connectivity index (χ2v) is 6.64. The molecule has 0 amide bonds. The van der Waals surface area contributed by atoms with Crippen molar-refractivity contribution in [2.24, 2.45) is 0 Å². The number of ether oxygens (including phenoxy) is 1. The molecule has 2 heterocycles. The Labute approximate surface area is 154 Å². The van der Waals surface area contributed by atoms with Gasteiger partial charge in [0.25, 0.3) is 7.11 Å². The first-order valence-corrected chi connectivity index (χ1v) is 9.14. The first-order chi connectivity index (χ1) is 12.8. The largest absolute Gasteiger partial charge is 0.493 e. The fourth-order valence-corrected chi connectivity index (χ4v) is 3.71. The molecule has 0 saturated carbocycles. The van der Waals surface area contributed by atoms with Crippen LogP contribution in [-0.2, 0) is 4.42 Å². The van der Waals surface area contributed by atoms with Crippen LogP contribution in [-0.4, -0.2) is 49.2 Å². The number of aliphatic hydroxyl groups excluding tert-OH is 1. The predicted octanol–water partition coefficient (Wildman–Crippen LogP) is 3.12. The predicted molar refractivity (Wildman–Crippen MR) is 104 cm³/mol. The zero-order valence-electron chi connectivity index (χ0n) is 15.1. The van der Waals surface area contributed by atoms with E-state index in [0.29, 0.717) is 13.0 Å². The molecule has 4 nitrogen and oxygen atoms in total. The lowest BCUT2D eigenvalue weighted by Gasteiger charge is -2.33. The number of benzene rings is 1. The first-order valence-electron chi connectivity index (χ1n) is 9.14. The van der Waals surface area contributed by atoms with E-state index in [1.54, 1.807) is 7.11 Å². The van der Waals surface area contributed by atoms with Gasteiger partial charge in [0.1, 0.15) is 5.75 Å². The van der Waals surface area contributed by atoms with Crippen molar-refractivity contribution in [3.8, 4) is 5.75 Å². The third-order valence-electron chi connectivity index (χ3n) is 5.03. The second kappa shape index (κ2) is 7.34. The third-order valence-corrected chi connectivity index (χ3v) is 5.03. The maximum absolute atomic E-state index is 8.95. The molecule has 1 aromatic carbocycles. The lowest BCUT2D eigenvalue weighted by atomic mass is 9.88. The Bertz CT molecular complexity index is 840. The molecular formula is C22H24NO3+. The maximum atomic E-state index is 8.95. The molecule has 1 N–H and O–H groups in total. The fourth-order valence-electron chi connectivity index (χ4n) is 3.71. The summed E-state index contributed by atoms with van der Waals surface area (Å²) in [5, 5.41) is 8.95. The summed E-state index contributed by atoms with van der Waals surface area (Å²) in [5.74, 6) is 1.74. The van der Waals surface area contributed by atoms with Gasteiger partial charge in [0.15, 0.2) is 0 Å². The van der Waals surface area contributed by atoms with E-state index in [2.05, 4.69) is 35.3 Å². The standard InChI is InChI=1S/C22H24NO3/c1-25-17-7-5-16(6-8-17)21-15-23-11-2-4-22(23)20-14-18(9-10-19(20)21)26-13-3-12-24/h4-10,14,24H,2-3,11-13,15H2,1H3/q+1. The summed E-state index contributed by atoms with van der Waals surface area (Å²) in [5.41, 5.74) is 6.38. The van der Waals surface area contributed by atoms with Gasteiger partial charge in [-0.25, -0.2) is 0 Å². The van der Waals surface area contributed by atoms with E-state index in [1.807, 2.05) is 18.2 Å². The number of carbonyl (C=O) groups excluding carboxylic acids is 1. The molecule has 134 valence electrons. The molecule has 0 spiro atoms. The van der Waals surface area contributed by atoms with Crippen molar-refractivity contribution in [1.82, 2.24) is 4.90 Å². The quantitative estimate of drug-likeness (QED) is 0.670. The monoisotopic (exact) mass is 350 g/mol. The number of ketones is 1. The van der Waals surface area contributed by atoms with Crippen molar-refractivity contribution < 1.29 is 14.3 Å². The number of fused-ring (bicyclic) bond motifs is 3. The lowest BCUT2D eigenvalue weighted by molar-refractivity contribution is -0.417. The van der Waals surface area contributed by atoms with Gasteiger partial charge in [0, 0.05) is 49.5 Å². The van der Waals surface area contributed by atoms with Gasteiger partial charge in [-0.3, -0.25) is 4.42 Å². The lowest BCUT2D eigenvalue weighted by Crippen LogP contribution is -2.27. The highest BCUT2D eigenvalue weighted by Crippen LogP contribution is 2.41. The van der Waals surface area contributed by atoms with Crippen molar-refractivity contribution >= 4 is 17.1 Å². The number of hydrogen-bond acceptors (Lipinski definition) is 3. The fraction of sp³-hybridized carbons (Fsp3) is 0.318. The average Bonchev–Trinajstić information content (AvgIpc) is 3.16. The Hall–Kier alpha value is -2.59. The minimum atomic E-state index is 0.152. The summed E-state index contributed by atoms with van der Waals surface area (Å²) < 4.78 is 11.1. The Morgan fingerprint density at radius 3 is 2.77 bits per heavy atom. The van der Waals surface area contributed by atoms with Crippen molar-refractivity contribution in [1.29, 1.82) is 0 Å². The average molecular weight is 350 g/mol. The van der Waals surface area contributed by atoms with Crippen molar-refractivity contribution in [2.45, 2.75) is 12.8 Å². The van der Waals surface area contributed by atoms with Crippen LogP contribution in [0.5, 0.6) is 5.75 Å². The van der Waals surface area contributed by atoms with Gasteiger partial charge in [-0.05, 0) is 47.4 Å². The molecule has 1 aromatic rings. The smallest absolute Gasteiger partial charge is 0.343 e. The van der Waals surface area contributed by atoms with Crippen molar-refractivity contribution in [3.05, 3.63) is 65.3 Å². The summed E-state index contributed by atoms with van der Waals surface area (Å²) in [6.45, 7) is 2.67. The van der Waals surface area contributed by atoms with E-state index in [9.17, 15) is 0 Å². The summed E-state index contributed by atoms with van der Waals surface area (Å²) >= 11 is 0. The van der Waals surface area contributed by atoms with Crippen LogP contribution in [0.4, 0.5) is 0 Å². The number of nitrogens with zero attached hydrogens (tertiary/aromatic N) is 1. The Kier molecular flexibility index (Phi) is 4.76. The highest BCUT2D eigenvalue weighted by Gasteiger charge is 2.28. The van der Waals surface area contributed by atoms with Crippen LogP contribution in [0.1, 0.15) is 24.0 Å². The molecule has 0 radical (unpaired) electrons. The molecular weight excluding hydrogens is 326 g/mol. The van der Waals surface area contributed by atoms with Gasteiger partial charge in [-0.1, -0.05) is 12.1 Å². The summed E-state index contributed by atoms with van der Waals surface area (Å²) in [4.78, 5) is 2.44. The van der Waals surface area contributed by atoms with Crippen LogP contribution >= 0.6 is 0 Å². The van der Waals surface area contributed by atoms with E-state index >= 15 is 0 Å². The summed E-state index contributed by atoms with van der Waals surface area (Å²) in [6.07, 6.45) is 12.4. The molecule has 3 aliphatic rings. The Morgan fingerprint density at radius 1 is 1.15 bits per heavy atom. The highest BCUT2D eigenvalue weighted by molar-refractivity contribution is 6.03. The summed E-state index contributed by atoms with van der Waals surface area (Å²) in [6, 6.07) is 6.34. The van der Waals surface area contributed by atoms with Crippen LogP contribution in [0.3, 0.4) is 0 Å². The van der Waals surface area contributed by atoms with Gasteiger partial charge in [-0.2, -0.15) is 0 Å². The van der Waals surface area contributed by atoms with E-state index in [0.717, 1.165) is 31.0 Å². The van der Waals surface area contributed by atoms with Crippen molar-refractivity contribution in [2.75, 3.05) is 33.4 Å². The molecule has 0 bridgehead atoms. The molecule has 0 aromatic heterocycles. The molecule has 2 aliphatic heterocycles. The SMILES string of the molecule is C[O+]=C1C=CC(=C2CN3CCC=C3c3cc(OCCCO)ccc32)C=C1. The normalized spacial score (nSPS) is 18.0. The van der Waals surface area contributed by atoms with E-state index in [1.165, 1.54) is 28.0 Å². The molecule has 4 heteroatoms. The zero-order valence-corrected chi connectivity index (χ0v) is 15.1. The van der Waals surface area contributed by atoms with Gasteiger partial charge in [-0.15, -0.1) is 0 Å². The van der Waals surface area contributed by atoms with E-state index in [4.69, 9.17) is 14.3 Å². The van der Waals surface area contributed by atoms with Crippen molar-refractivity contribution in [3.63, 3.8) is 0 Å². The van der Waals surface area contributed by atoms with Crippen LogP contribution in [0.2, 0.25) is 0 Å². The molecule has 0 fully saturated rings. The third kappa shape index (κ3) is 3.13. The van der Waals surface area contributed by atoms with Gasteiger partial charge in [0.05, 0.1) is 6.61 Å². The van der Waals surface area contributed by atoms with E-state index < -0.39 is 0 Å². The minimum Gasteiger partial charge on any atom is -0.493 e. The Balaban J connectivity index is 1.74. The van der Waals surface area contributed by atoms with Crippen LogP contribution in [0.25, 0.3) is 11.3 Å². The van der Waals surface area contributed by atoms with Gasteiger partial charge < -0.3 is 14.7 Å². The second-order valence-electron chi connectivity index (χ2n) is 6.64. The zero-order chi connectivity index (χ0) is 17.9. The first kappa shape index (κ1) is 16.9. The number of rotatable bonds is 4. The molecule has 0 atom stereocenters. The Morgan fingerprint density at radius 2 is 2.00 bits per heavy atom. The van der Waals surface area contributed by atoms with E-state index in [-0.39, 0.29) is 6.61 Å². The molecule has 26 heavy (non-hydrogen) atoms. The minimum absolute atomic E-state index is 0.152. The molecule has 0 saturated heterocycles. The topological polar surface area (TPSA) is 44.0 Å². The summed E-state index contributed by atoms with van der Waals surface area (Å²) in [7, 11) is 1.69. The van der Waals surface area contributed by atoms with Gasteiger partial charge in [0.2, 0.25) is 0 Å². The highest BCUT2D eigenvalue weighted by atomic mass is 16.5. The van der Waals surface area contributed by atoms with Crippen LogP contribution in [0, 0.1) is 0 Å². The molecule has 0 unspecified atom stereocenters.